The van der Waals surface area contributed by atoms with Crippen LogP contribution in [-0.2, 0) is 6.54 Å². The summed E-state index contributed by atoms with van der Waals surface area (Å²) in [5.74, 6) is 0.214. The van der Waals surface area contributed by atoms with Crippen LogP contribution in [0.15, 0.2) is 21.5 Å². The Labute approximate surface area is 138 Å². The van der Waals surface area contributed by atoms with E-state index >= 15 is 0 Å². The molecule has 0 aliphatic rings. The van der Waals surface area contributed by atoms with E-state index in [1.165, 1.54) is 0 Å². The lowest BCUT2D eigenvalue weighted by Crippen LogP contribution is -2.08. The standard InChI is InChI=1S/C13H12Br2N6/c1-6-3-17-9(7(2)10(6)14)5-21-12-8(4-18-21)11(15)19-13(16)20-12/h3-4H,5H2,1-2H3,(H2,16,19,20). The lowest BCUT2D eigenvalue weighted by molar-refractivity contribution is 0.684. The number of nitrogen functional groups attached to an aromatic ring is 1. The van der Waals surface area contributed by atoms with Gasteiger partial charge < -0.3 is 5.73 Å². The SMILES string of the molecule is Cc1cnc(Cn2ncc3c(Br)nc(N)nc32)c(C)c1Br. The molecule has 21 heavy (non-hydrogen) atoms. The fraction of sp³-hybridized carbons (Fsp3) is 0.231. The monoisotopic (exact) mass is 410 g/mol. The molecule has 0 fully saturated rings. The molecule has 0 atom stereocenters. The first kappa shape index (κ1) is 14.4. The van der Waals surface area contributed by atoms with E-state index < -0.39 is 0 Å². The van der Waals surface area contributed by atoms with Gasteiger partial charge in [-0.25, -0.2) is 9.67 Å². The Bertz CT molecular complexity index is 842. The molecule has 0 radical (unpaired) electrons. The molecule has 0 saturated heterocycles. The van der Waals surface area contributed by atoms with Crippen molar-refractivity contribution in [3.63, 3.8) is 0 Å². The van der Waals surface area contributed by atoms with Gasteiger partial charge in [0.25, 0.3) is 0 Å². The molecule has 2 N–H and O–H groups in total. The smallest absolute Gasteiger partial charge is 0.223 e. The molecule has 3 aromatic heterocycles. The topological polar surface area (TPSA) is 82.5 Å². The fourth-order valence-corrected chi connectivity index (χ4v) is 2.90. The van der Waals surface area contributed by atoms with Crippen molar-refractivity contribution in [3.8, 4) is 0 Å². The van der Waals surface area contributed by atoms with Crippen LogP contribution in [0.25, 0.3) is 11.0 Å². The van der Waals surface area contributed by atoms with E-state index in [1.54, 1.807) is 10.9 Å². The number of aromatic nitrogens is 5. The Kier molecular flexibility index (Phi) is 3.66. The van der Waals surface area contributed by atoms with E-state index in [9.17, 15) is 0 Å². The Hall–Kier alpha value is -1.54. The third-order valence-corrected chi connectivity index (χ3v) is 5.11. The number of aryl methyl sites for hydroxylation is 1. The van der Waals surface area contributed by atoms with Gasteiger partial charge in [-0.05, 0) is 40.9 Å². The van der Waals surface area contributed by atoms with Gasteiger partial charge in [-0.1, -0.05) is 15.9 Å². The predicted molar refractivity (Wildman–Crippen MR) is 87.9 cm³/mol. The van der Waals surface area contributed by atoms with Crippen LogP contribution in [0.4, 0.5) is 5.95 Å². The molecule has 0 aliphatic carbocycles. The lowest BCUT2D eigenvalue weighted by Gasteiger charge is -2.09. The summed E-state index contributed by atoms with van der Waals surface area (Å²) in [5, 5.41) is 5.19. The second kappa shape index (κ2) is 5.34. The van der Waals surface area contributed by atoms with Crippen LogP contribution < -0.4 is 5.73 Å². The van der Waals surface area contributed by atoms with Crippen LogP contribution in [0.3, 0.4) is 0 Å². The average Bonchev–Trinajstić information content (AvgIpc) is 2.83. The normalized spacial score (nSPS) is 11.2. The molecule has 0 saturated carbocycles. The maximum absolute atomic E-state index is 5.70. The van der Waals surface area contributed by atoms with Crippen molar-refractivity contribution in [2.45, 2.75) is 20.4 Å². The molecule has 3 rings (SSSR count). The molecule has 0 spiro atoms. The summed E-state index contributed by atoms with van der Waals surface area (Å²) < 4.78 is 3.49. The first-order valence-corrected chi connectivity index (χ1v) is 7.81. The van der Waals surface area contributed by atoms with Crippen LogP contribution in [0.2, 0.25) is 0 Å². The zero-order chi connectivity index (χ0) is 15.1. The Balaban J connectivity index is 2.09. The van der Waals surface area contributed by atoms with Gasteiger partial charge >= 0.3 is 0 Å². The van der Waals surface area contributed by atoms with Gasteiger partial charge in [0, 0.05) is 10.7 Å². The molecular weight excluding hydrogens is 400 g/mol. The zero-order valence-electron chi connectivity index (χ0n) is 11.4. The maximum Gasteiger partial charge on any atom is 0.223 e. The fourth-order valence-electron chi connectivity index (χ4n) is 2.10. The van der Waals surface area contributed by atoms with Crippen LogP contribution in [0.5, 0.6) is 0 Å². The molecule has 3 aromatic rings. The number of hydrogen-bond donors (Lipinski definition) is 1. The molecular formula is C13H12Br2N6. The molecule has 8 heteroatoms. The number of rotatable bonds is 2. The minimum atomic E-state index is 0.214. The van der Waals surface area contributed by atoms with E-state index in [-0.39, 0.29) is 5.95 Å². The summed E-state index contributed by atoms with van der Waals surface area (Å²) >= 11 is 6.96. The van der Waals surface area contributed by atoms with Crippen molar-refractivity contribution in [2.75, 3.05) is 5.73 Å². The summed E-state index contributed by atoms with van der Waals surface area (Å²) in [5.41, 5.74) is 9.53. The highest BCUT2D eigenvalue weighted by molar-refractivity contribution is 9.10. The Morgan fingerprint density at radius 2 is 1.95 bits per heavy atom. The highest BCUT2D eigenvalue weighted by Gasteiger charge is 2.13. The third-order valence-electron chi connectivity index (χ3n) is 3.29. The first-order valence-electron chi connectivity index (χ1n) is 6.22. The van der Waals surface area contributed by atoms with Crippen molar-refractivity contribution in [1.29, 1.82) is 0 Å². The molecule has 0 aliphatic heterocycles. The van der Waals surface area contributed by atoms with E-state index in [1.807, 2.05) is 20.0 Å². The van der Waals surface area contributed by atoms with E-state index in [0.717, 1.165) is 26.7 Å². The number of fused-ring (bicyclic) bond motifs is 1. The van der Waals surface area contributed by atoms with Crippen molar-refractivity contribution in [1.82, 2.24) is 24.7 Å². The highest BCUT2D eigenvalue weighted by Crippen LogP contribution is 2.25. The van der Waals surface area contributed by atoms with Gasteiger partial charge in [0.2, 0.25) is 5.95 Å². The molecule has 3 heterocycles. The van der Waals surface area contributed by atoms with Crippen molar-refractivity contribution >= 4 is 48.8 Å². The Morgan fingerprint density at radius 1 is 1.19 bits per heavy atom. The van der Waals surface area contributed by atoms with Gasteiger partial charge in [-0.15, -0.1) is 0 Å². The summed E-state index contributed by atoms with van der Waals surface area (Å²) in [6, 6.07) is 0. The van der Waals surface area contributed by atoms with E-state index in [2.05, 4.69) is 51.9 Å². The van der Waals surface area contributed by atoms with Crippen LogP contribution >= 0.6 is 31.9 Å². The summed E-state index contributed by atoms with van der Waals surface area (Å²) in [6.07, 6.45) is 3.56. The summed E-state index contributed by atoms with van der Waals surface area (Å²) in [7, 11) is 0. The minimum absolute atomic E-state index is 0.214. The van der Waals surface area contributed by atoms with Crippen LogP contribution in [-0.4, -0.2) is 24.7 Å². The second-order valence-corrected chi connectivity index (χ2v) is 6.28. The predicted octanol–water partition coefficient (Wildman–Crippen LogP) is 2.99. The van der Waals surface area contributed by atoms with Gasteiger partial charge in [-0.3, -0.25) is 4.98 Å². The zero-order valence-corrected chi connectivity index (χ0v) is 14.6. The van der Waals surface area contributed by atoms with Gasteiger partial charge in [-0.2, -0.15) is 10.1 Å². The molecule has 0 bridgehead atoms. The lowest BCUT2D eigenvalue weighted by atomic mass is 10.1. The Morgan fingerprint density at radius 3 is 2.71 bits per heavy atom. The molecule has 0 unspecified atom stereocenters. The van der Waals surface area contributed by atoms with Crippen LogP contribution in [0.1, 0.15) is 16.8 Å². The number of halogens is 2. The number of anilines is 1. The van der Waals surface area contributed by atoms with E-state index in [0.29, 0.717) is 16.8 Å². The second-order valence-electron chi connectivity index (χ2n) is 4.74. The molecule has 6 nitrogen and oxygen atoms in total. The summed E-state index contributed by atoms with van der Waals surface area (Å²) in [6.45, 7) is 4.57. The van der Waals surface area contributed by atoms with Crippen molar-refractivity contribution in [3.05, 3.63) is 38.3 Å². The third kappa shape index (κ3) is 2.53. The van der Waals surface area contributed by atoms with Crippen molar-refractivity contribution < 1.29 is 0 Å². The number of nitrogens with zero attached hydrogens (tertiary/aromatic N) is 5. The van der Waals surface area contributed by atoms with Gasteiger partial charge in [0.15, 0.2) is 5.65 Å². The molecule has 108 valence electrons. The van der Waals surface area contributed by atoms with Crippen molar-refractivity contribution in [2.24, 2.45) is 0 Å². The van der Waals surface area contributed by atoms with Crippen LogP contribution in [0, 0.1) is 13.8 Å². The molecule has 0 amide bonds. The average molecular weight is 412 g/mol. The quantitative estimate of drug-likeness (QED) is 0.655. The highest BCUT2D eigenvalue weighted by atomic mass is 79.9. The molecule has 0 aromatic carbocycles. The number of pyridine rings is 1. The minimum Gasteiger partial charge on any atom is -0.368 e. The summed E-state index contributed by atoms with van der Waals surface area (Å²) in [4.78, 5) is 12.8. The van der Waals surface area contributed by atoms with Gasteiger partial charge in [0.05, 0.1) is 23.8 Å². The number of hydrogen-bond acceptors (Lipinski definition) is 5. The maximum atomic E-state index is 5.70. The largest absolute Gasteiger partial charge is 0.368 e. The van der Waals surface area contributed by atoms with Gasteiger partial charge in [0.1, 0.15) is 4.60 Å². The first-order chi connectivity index (χ1) is 9.97. The number of nitrogens with two attached hydrogens (primary N) is 1. The van der Waals surface area contributed by atoms with E-state index in [4.69, 9.17) is 5.73 Å².